The van der Waals surface area contributed by atoms with Gasteiger partial charge in [0.1, 0.15) is 0 Å². The smallest absolute Gasteiger partial charge is 0.0471 e. The minimum Gasteiger partial charge on any atom is -0.396 e. The molecule has 0 amide bonds. The predicted octanol–water partition coefficient (Wildman–Crippen LogP) is 0.689. The van der Waals surface area contributed by atoms with Crippen LogP contribution < -0.4 is 5.32 Å². The average molecular weight is 200 g/mol. The molecule has 3 nitrogen and oxygen atoms in total. The molecule has 2 aliphatic heterocycles. The third-order valence-electron chi connectivity index (χ3n) is 3.13. The van der Waals surface area contributed by atoms with Crippen molar-refractivity contribution in [2.45, 2.75) is 32.7 Å². The predicted molar refractivity (Wildman–Crippen MR) is 59.4 cm³/mol. The molecule has 2 N–H and O–H groups in total. The number of rotatable bonds is 1. The van der Waals surface area contributed by atoms with E-state index in [4.69, 9.17) is 5.11 Å². The van der Waals surface area contributed by atoms with Gasteiger partial charge in [-0.3, -0.25) is 4.90 Å². The van der Waals surface area contributed by atoms with Gasteiger partial charge in [0.25, 0.3) is 0 Å². The van der Waals surface area contributed by atoms with Crippen molar-refractivity contribution >= 4 is 0 Å². The number of aliphatic hydroxyl groups excluding tert-OH is 1. The third kappa shape index (κ3) is 2.94. The second-order valence-corrected chi connectivity index (χ2v) is 3.98. The van der Waals surface area contributed by atoms with Crippen LogP contribution >= 0.6 is 0 Å². The first-order valence-corrected chi connectivity index (χ1v) is 5.96. The molecule has 0 aromatic heterocycles. The Balaban J connectivity index is 0.000000461. The average Bonchev–Trinajstić information content (AvgIpc) is 2.31. The molecule has 2 aliphatic rings. The highest BCUT2D eigenvalue weighted by Crippen LogP contribution is 2.22. The van der Waals surface area contributed by atoms with E-state index < -0.39 is 0 Å². The van der Waals surface area contributed by atoms with Gasteiger partial charge < -0.3 is 10.4 Å². The Labute approximate surface area is 87.5 Å². The molecule has 2 rings (SSSR count). The topological polar surface area (TPSA) is 35.5 Å². The molecule has 0 aromatic rings. The molecular weight excluding hydrogens is 176 g/mol. The molecule has 2 saturated heterocycles. The summed E-state index contributed by atoms with van der Waals surface area (Å²) >= 11 is 0. The first kappa shape index (κ1) is 12.0. The van der Waals surface area contributed by atoms with Crippen molar-refractivity contribution in [1.29, 1.82) is 0 Å². The van der Waals surface area contributed by atoms with Gasteiger partial charge in [0.2, 0.25) is 0 Å². The largest absolute Gasteiger partial charge is 0.396 e. The lowest BCUT2D eigenvalue weighted by Crippen LogP contribution is -2.55. The van der Waals surface area contributed by atoms with E-state index in [0.717, 1.165) is 25.7 Å². The molecule has 14 heavy (non-hydrogen) atoms. The van der Waals surface area contributed by atoms with Gasteiger partial charge >= 0.3 is 0 Å². The van der Waals surface area contributed by atoms with E-state index in [1.54, 1.807) is 0 Å². The minimum atomic E-state index is 0.372. The van der Waals surface area contributed by atoms with Crippen LogP contribution in [-0.4, -0.2) is 48.8 Å². The van der Waals surface area contributed by atoms with Crippen LogP contribution in [0.4, 0.5) is 0 Å². The molecule has 0 saturated carbocycles. The van der Waals surface area contributed by atoms with Gasteiger partial charge in [-0.05, 0) is 18.8 Å². The zero-order valence-corrected chi connectivity index (χ0v) is 9.50. The van der Waals surface area contributed by atoms with Gasteiger partial charge in [0, 0.05) is 38.8 Å². The van der Waals surface area contributed by atoms with Crippen LogP contribution in [0.2, 0.25) is 0 Å². The van der Waals surface area contributed by atoms with Crippen molar-refractivity contribution in [1.82, 2.24) is 10.2 Å². The summed E-state index contributed by atoms with van der Waals surface area (Å²) in [7, 11) is 0. The number of nitrogens with one attached hydrogen (secondary N) is 1. The highest BCUT2D eigenvalue weighted by Gasteiger charge is 2.29. The second kappa shape index (κ2) is 6.38. The molecule has 2 atom stereocenters. The van der Waals surface area contributed by atoms with Gasteiger partial charge in [-0.15, -0.1) is 0 Å². The highest BCUT2D eigenvalue weighted by molar-refractivity contribution is 4.86. The Morgan fingerprint density at radius 2 is 2.14 bits per heavy atom. The fourth-order valence-electron chi connectivity index (χ4n) is 2.33. The van der Waals surface area contributed by atoms with Gasteiger partial charge in [-0.1, -0.05) is 13.8 Å². The van der Waals surface area contributed by atoms with Crippen LogP contribution in [0.3, 0.4) is 0 Å². The monoisotopic (exact) mass is 200 g/mol. The SMILES string of the molecule is CC.OCC1CCC2CNCCN2C1. The van der Waals surface area contributed by atoms with Crippen LogP contribution in [-0.2, 0) is 0 Å². The number of hydrogen-bond donors (Lipinski definition) is 2. The van der Waals surface area contributed by atoms with E-state index in [1.165, 1.54) is 19.4 Å². The van der Waals surface area contributed by atoms with Crippen LogP contribution in [0, 0.1) is 5.92 Å². The summed E-state index contributed by atoms with van der Waals surface area (Å²) in [6, 6.07) is 0.751. The fraction of sp³-hybridized carbons (Fsp3) is 1.00. The molecule has 0 aromatic carbocycles. The molecule has 0 spiro atoms. The molecule has 2 fully saturated rings. The Bertz CT molecular complexity index is 152. The number of piperazine rings is 1. The molecule has 0 bridgehead atoms. The van der Waals surface area contributed by atoms with Gasteiger partial charge in [-0.2, -0.15) is 0 Å². The van der Waals surface area contributed by atoms with Crippen molar-refractivity contribution in [2.24, 2.45) is 5.92 Å². The van der Waals surface area contributed by atoms with Gasteiger partial charge in [-0.25, -0.2) is 0 Å². The van der Waals surface area contributed by atoms with E-state index in [1.807, 2.05) is 13.8 Å². The molecule has 0 aliphatic carbocycles. The fourth-order valence-corrected chi connectivity index (χ4v) is 2.33. The van der Waals surface area contributed by atoms with E-state index in [-0.39, 0.29) is 0 Å². The van der Waals surface area contributed by atoms with E-state index >= 15 is 0 Å². The lowest BCUT2D eigenvalue weighted by Gasteiger charge is -2.42. The number of fused-ring (bicyclic) bond motifs is 1. The van der Waals surface area contributed by atoms with Crippen LogP contribution in [0.15, 0.2) is 0 Å². The lowest BCUT2D eigenvalue weighted by molar-refractivity contribution is 0.0599. The molecule has 3 heteroatoms. The Morgan fingerprint density at radius 1 is 1.36 bits per heavy atom. The molecule has 2 unspecified atom stereocenters. The summed E-state index contributed by atoms with van der Waals surface area (Å²) in [6.45, 7) is 8.92. The number of aliphatic hydroxyl groups is 1. The number of hydrogen-bond acceptors (Lipinski definition) is 3. The highest BCUT2D eigenvalue weighted by atomic mass is 16.3. The van der Waals surface area contributed by atoms with Gasteiger partial charge in [0.15, 0.2) is 0 Å². The first-order valence-electron chi connectivity index (χ1n) is 5.96. The van der Waals surface area contributed by atoms with E-state index in [9.17, 15) is 0 Å². The van der Waals surface area contributed by atoms with Crippen molar-refractivity contribution in [3.05, 3.63) is 0 Å². The van der Waals surface area contributed by atoms with E-state index in [0.29, 0.717) is 12.5 Å². The summed E-state index contributed by atoms with van der Waals surface area (Å²) in [5.74, 6) is 0.541. The maximum atomic E-state index is 9.04. The van der Waals surface area contributed by atoms with Crippen LogP contribution in [0.25, 0.3) is 0 Å². The van der Waals surface area contributed by atoms with Crippen LogP contribution in [0.5, 0.6) is 0 Å². The number of piperidine rings is 1. The summed E-state index contributed by atoms with van der Waals surface area (Å²) in [6.07, 6.45) is 2.47. The second-order valence-electron chi connectivity index (χ2n) is 3.98. The molecule has 2 heterocycles. The Kier molecular flexibility index (Phi) is 5.45. The standard InChI is InChI=1S/C9H18N2O.C2H6/c12-7-8-1-2-9-5-10-3-4-11(9)6-8;1-2/h8-10,12H,1-7H2;1-2H3. The summed E-state index contributed by atoms with van der Waals surface area (Å²) in [4.78, 5) is 2.53. The van der Waals surface area contributed by atoms with Crippen molar-refractivity contribution < 1.29 is 5.11 Å². The first-order chi connectivity index (χ1) is 6.90. The van der Waals surface area contributed by atoms with Gasteiger partial charge in [0.05, 0.1) is 0 Å². The van der Waals surface area contributed by atoms with E-state index in [2.05, 4.69) is 10.2 Å². The zero-order chi connectivity index (χ0) is 10.4. The summed E-state index contributed by atoms with van der Waals surface area (Å²) < 4.78 is 0. The zero-order valence-electron chi connectivity index (χ0n) is 9.50. The normalized spacial score (nSPS) is 32.8. The Morgan fingerprint density at radius 3 is 2.86 bits per heavy atom. The molecule has 84 valence electrons. The van der Waals surface area contributed by atoms with Crippen molar-refractivity contribution in [3.63, 3.8) is 0 Å². The maximum absolute atomic E-state index is 9.04. The quantitative estimate of drug-likeness (QED) is 0.654. The summed E-state index contributed by atoms with van der Waals surface area (Å²) in [5.41, 5.74) is 0. The minimum absolute atomic E-state index is 0.372. The van der Waals surface area contributed by atoms with Crippen molar-refractivity contribution in [3.8, 4) is 0 Å². The Hall–Kier alpha value is -0.120. The summed E-state index contributed by atoms with van der Waals surface area (Å²) in [5, 5.41) is 12.5. The van der Waals surface area contributed by atoms with Crippen molar-refractivity contribution in [2.75, 3.05) is 32.8 Å². The van der Waals surface area contributed by atoms with Crippen LogP contribution in [0.1, 0.15) is 26.7 Å². The number of nitrogens with zero attached hydrogens (tertiary/aromatic N) is 1. The third-order valence-corrected chi connectivity index (χ3v) is 3.13. The molecular formula is C11H24N2O. The lowest BCUT2D eigenvalue weighted by atomic mass is 9.92. The maximum Gasteiger partial charge on any atom is 0.0471 e. The molecule has 0 radical (unpaired) electrons.